The van der Waals surface area contributed by atoms with Crippen molar-refractivity contribution >= 4 is 11.6 Å². The number of methoxy groups -OCH3 is 1. The van der Waals surface area contributed by atoms with Crippen molar-refractivity contribution in [2.24, 2.45) is 0 Å². The highest BCUT2D eigenvalue weighted by atomic mass is 19.1. The zero-order valence-electron chi connectivity index (χ0n) is 13.7. The van der Waals surface area contributed by atoms with Gasteiger partial charge in [0.05, 0.1) is 18.5 Å². The van der Waals surface area contributed by atoms with E-state index in [1.807, 2.05) is 0 Å². The van der Waals surface area contributed by atoms with Crippen LogP contribution in [0, 0.1) is 5.82 Å². The van der Waals surface area contributed by atoms with Gasteiger partial charge in [-0.1, -0.05) is 18.2 Å². The molecule has 2 aromatic carbocycles. The molecule has 0 spiro atoms. The van der Waals surface area contributed by atoms with Gasteiger partial charge in [0.1, 0.15) is 17.1 Å². The number of rotatable bonds is 4. The minimum Gasteiger partial charge on any atom is -0.497 e. The van der Waals surface area contributed by atoms with Gasteiger partial charge in [-0.2, -0.15) is 0 Å². The summed E-state index contributed by atoms with van der Waals surface area (Å²) in [6.45, 7) is 0. The second-order valence-corrected chi connectivity index (χ2v) is 5.28. The summed E-state index contributed by atoms with van der Waals surface area (Å²) in [5, 5.41) is 2.31. The van der Waals surface area contributed by atoms with Gasteiger partial charge in [0.2, 0.25) is 0 Å². The maximum atomic E-state index is 13.7. The van der Waals surface area contributed by atoms with Gasteiger partial charge in [-0.05, 0) is 24.3 Å². The van der Waals surface area contributed by atoms with Crippen molar-refractivity contribution in [1.29, 1.82) is 0 Å². The lowest BCUT2D eigenvalue weighted by Crippen LogP contribution is -2.38. The molecule has 3 rings (SSSR count). The number of benzene rings is 2. The van der Waals surface area contributed by atoms with Crippen molar-refractivity contribution in [3.63, 3.8) is 0 Å². The summed E-state index contributed by atoms with van der Waals surface area (Å²) in [4.78, 5) is 39.5. The van der Waals surface area contributed by atoms with Crippen LogP contribution in [0.15, 0.2) is 64.3 Å². The van der Waals surface area contributed by atoms with E-state index >= 15 is 0 Å². The van der Waals surface area contributed by atoms with Crippen LogP contribution in [0.1, 0.15) is 10.4 Å². The summed E-state index contributed by atoms with van der Waals surface area (Å²) in [5.41, 5.74) is -1.73. The summed E-state index contributed by atoms with van der Waals surface area (Å²) in [7, 11) is 1.45. The number of aromatic nitrogens is 2. The zero-order valence-corrected chi connectivity index (χ0v) is 13.7. The Kier molecular flexibility index (Phi) is 4.66. The second kappa shape index (κ2) is 7.06. The zero-order chi connectivity index (χ0) is 18.7. The molecule has 1 amide bonds. The minimum atomic E-state index is -0.840. The van der Waals surface area contributed by atoms with Crippen LogP contribution in [0.4, 0.5) is 10.1 Å². The third-order valence-corrected chi connectivity index (χ3v) is 3.65. The topological polar surface area (TPSA) is 93.2 Å². The van der Waals surface area contributed by atoms with E-state index in [2.05, 4.69) is 10.3 Å². The number of amides is 1. The first-order valence-corrected chi connectivity index (χ1v) is 7.56. The van der Waals surface area contributed by atoms with Crippen LogP contribution in [0.2, 0.25) is 0 Å². The molecule has 0 radical (unpaired) electrons. The summed E-state index contributed by atoms with van der Waals surface area (Å²) in [6, 6.07) is 11.8. The molecular formula is C18H14FN3O4. The molecule has 0 atom stereocenters. The number of ether oxygens (including phenoxy) is 1. The van der Waals surface area contributed by atoms with E-state index in [1.54, 1.807) is 18.2 Å². The molecule has 3 aromatic rings. The Morgan fingerprint density at radius 1 is 1.15 bits per heavy atom. The Labute approximate surface area is 146 Å². The highest BCUT2D eigenvalue weighted by Crippen LogP contribution is 2.15. The van der Waals surface area contributed by atoms with Crippen molar-refractivity contribution in [1.82, 2.24) is 9.55 Å². The molecule has 0 aliphatic heterocycles. The van der Waals surface area contributed by atoms with E-state index in [1.165, 1.54) is 37.4 Å². The summed E-state index contributed by atoms with van der Waals surface area (Å²) < 4.78 is 19.6. The van der Waals surface area contributed by atoms with Crippen molar-refractivity contribution in [3.8, 4) is 11.4 Å². The normalized spacial score (nSPS) is 10.4. The summed E-state index contributed by atoms with van der Waals surface area (Å²) >= 11 is 0. The Bertz CT molecular complexity index is 1090. The van der Waals surface area contributed by atoms with E-state index in [-0.39, 0.29) is 16.9 Å². The van der Waals surface area contributed by atoms with Crippen LogP contribution in [-0.2, 0) is 0 Å². The third-order valence-electron chi connectivity index (χ3n) is 3.65. The minimum absolute atomic E-state index is 0.0731. The molecule has 8 heteroatoms. The van der Waals surface area contributed by atoms with Crippen molar-refractivity contribution in [3.05, 3.63) is 86.9 Å². The fourth-order valence-electron chi connectivity index (χ4n) is 2.37. The molecule has 0 bridgehead atoms. The summed E-state index contributed by atoms with van der Waals surface area (Å²) in [5.74, 6) is -1.04. The highest BCUT2D eigenvalue weighted by Gasteiger charge is 2.17. The maximum Gasteiger partial charge on any atom is 0.333 e. The molecule has 1 aromatic heterocycles. The molecule has 0 fully saturated rings. The number of anilines is 1. The Hall–Kier alpha value is -3.68. The monoisotopic (exact) mass is 355 g/mol. The van der Waals surface area contributed by atoms with E-state index < -0.39 is 23.0 Å². The van der Waals surface area contributed by atoms with Crippen LogP contribution in [0.5, 0.6) is 5.75 Å². The van der Waals surface area contributed by atoms with E-state index in [0.717, 1.165) is 10.8 Å². The van der Waals surface area contributed by atoms with E-state index in [0.29, 0.717) is 5.75 Å². The molecule has 1 heterocycles. The van der Waals surface area contributed by atoms with Gasteiger partial charge in [-0.3, -0.25) is 9.59 Å². The lowest BCUT2D eigenvalue weighted by atomic mass is 10.2. The number of nitrogens with one attached hydrogen (secondary N) is 2. The highest BCUT2D eigenvalue weighted by molar-refractivity contribution is 6.03. The molecule has 0 aliphatic rings. The molecule has 0 saturated carbocycles. The van der Waals surface area contributed by atoms with Crippen LogP contribution < -0.4 is 21.3 Å². The average molecular weight is 355 g/mol. The first-order valence-electron chi connectivity index (χ1n) is 7.56. The predicted molar refractivity (Wildman–Crippen MR) is 93.6 cm³/mol. The van der Waals surface area contributed by atoms with E-state index in [9.17, 15) is 18.8 Å². The smallest absolute Gasteiger partial charge is 0.333 e. The molecule has 2 N–H and O–H groups in total. The first-order chi connectivity index (χ1) is 12.5. The molecule has 0 unspecified atom stereocenters. The van der Waals surface area contributed by atoms with Gasteiger partial charge in [0, 0.05) is 12.3 Å². The molecule has 7 nitrogen and oxygen atoms in total. The number of H-pyrrole nitrogens is 1. The van der Waals surface area contributed by atoms with Crippen molar-refractivity contribution in [2.45, 2.75) is 0 Å². The van der Waals surface area contributed by atoms with Gasteiger partial charge in [-0.15, -0.1) is 0 Å². The predicted octanol–water partition coefficient (Wildman–Crippen LogP) is 1.93. The van der Waals surface area contributed by atoms with Crippen LogP contribution >= 0.6 is 0 Å². The quantitative estimate of drug-likeness (QED) is 0.748. The largest absolute Gasteiger partial charge is 0.497 e. The van der Waals surface area contributed by atoms with Crippen LogP contribution in [-0.4, -0.2) is 22.6 Å². The fourth-order valence-corrected chi connectivity index (χ4v) is 2.37. The number of hydrogen-bond acceptors (Lipinski definition) is 4. The third kappa shape index (κ3) is 3.25. The van der Waals surface area contributed by atoms with E-state index in [4.69, 9.17) is 4.74 Å². The number of halogens is 1. The number of hydrogen-bond donors (Lipinski definition) is 2. The number of carbonyl (C=O) groups excluding carboxylic acids is 1. The van der Waals surface area contributed by atoms with Gasteiger partial charge < -0.3 is 15.0 Å². The lowest BCUT2D eigenvalue weighted by molar-refractivity contribution is 0.102. The van der Waals surface area contributed by atoms with Gasteiger partial charge in [-0.25, -0.2) is 13.8 Å². The van der Waals surface area contributed by atoms with Gasteiger partial charge >= 0.3 is 5.69 Å². The SMILES string of the molecule is COc1cccc(-n2c(=O)[nH]cc(C(=O)Nc3ccccc3F)c2=O)c1. The summed E-state index contributed by atoms with van der Waals surface area (Å²) in [6.07, 6.45) is 0.998. The number of para-hydroxylation sites is 1. The Morgan fingerprint density at radius 2 is 1.92 bits per heavy atom. The van der Waals surface area contributed by atoms with Crippen molar-refractivity contribution in [2.75, 3.05) is 12.4 Å². The Morgan fingerprint density at radius 3 is 2.65 bits per heavy atom. The van der Waals surface area contributed by atoms with Crippen LogP contribution in [0.3, 0.4) is 0 Å². The number of nitrogens with zero attached hydrogens (tertiary/aromatic N) is 1. The molecular weight excluding hydrogens is 341 g/mol. The second-order valence-electron chi connectivity index (χ2n) is 5.28. The first kappa shape index (κ1) is 17.2. The molecule has 0 saturated heterocycles. The molecule has 132 valence electrons. The number of carbonyl (C=O) groups is 1. The maximum absolute atomic E-state index is 13.7. The molecule has 26 heavy (non-hydrogen) atoms. The molecule has 0 aliphatic carbocycles. The number of aromatic amines is 1. The van der Waals surface area contributed by atoms with Crippen molar-refractivity contribution < 1.29 is 13.9 Å². The van der Waals surface area contributed by atoms with Gasteiger partial charge in [0.15, 0.2) is 0 Å². The van der Waals surface area contributed by atoms with Gasteiger partial charge in [0.25, 0.3) is 11.5 Å². The Balaban J connectivity index is 2.05. The fraction of sp³-hybridized carbons (Fsp3) is 0.0556. The lowest BCUT2D eigenvalue weighted by Gasteiger charge is -2.09. The van der Waals surface area contributed by atoms with Crippen LogP contribution in [0.25, 0.3) is 5.69 Å². The standard InChI is InChI=1S/C18H14FN3O4/c1-26-12-6-4-5-11(9-12)22-17(24)13(10-20-18(22)25)16(23)21-15-8-3-2-7-14(15)19/h2-10H,1H3,(H,20,25)(H,21,23). The average Bonchev–Trinajstić information content (AvgIpc) is 2.64.